The van der Waals surface area contributed by atoms with Crippen LogP contribution in [0.3, 0.4) is 0 Å². The molecule has 0 atom stereocenters. The highest BCUT2D eigenvalue weighted by molar-refractivity contribution is 7.98. The minimum Gasteiger partial charge on any atom is -0.456 e. The van der Waals surface area contributed by atoms with Crippen LogP contribution in [0.2, 0.25) is 0 Å². The molecule has 0 spiro atoms. The van der Waals surface area contributed by atoms with Crippen LogP contribution < -0.4 is 5.32 Å². The lowest BCUT2D eigenvalue weighted by Crippen LogP contribution is -2.34. The number of anilines is 1. The fraction of sp³-hybridized carbons (Fsp3) is 0.393. The van der Waals surface area contributed by atoms with Gasteiger partial charge in [-0.15, -0.1) is 11.8 Å². The molecule has 1 aromatic heterocycles. The van der Waals surface area contributed by atoms with Gasteiger partial charge in [0.25, 0.3) is 5.91 Å². The SMILES string of the molecule is CSc1ccccc1NC(=O)c1ccc(Cc2cc3c(cc2C)C(C)(C)CCC3(C)C)o1. The van der Waals surface area contributed by atoms with Gasteiger partial charge in [-0.25, -0.2) is 0 Å². The Hall–Kier alpha value is -2.46. The van der Waals surface area contributed by atoms with E-state index in [0.717, 1.165) is 16.3 Å². The summed E-state index contributed by atoms with van der Waals surface area (Å²) in [5, 5.41) is 2.97. The van der Waals surface area contributed by atoms with Crippen LogP contribution in [0.1, 0.15) is 79.1 Å². The molecule has 1 aliphatic rings. The lowest BCUT2D eigenvalue weighted by atomic mass is 9.62. The highest BCUT2D eigenvalue weighted by Crippen LogP contribution is 2.46. The van der Waals surface area contributed by atoms with Gasteiger partial charge in [0.1, 0.15) is 5.76 Å². The zero-order valence-corrected chi connectivity index (χ0v) is 20.8. The number of nitrogens with one attached hydrogen (secondary N) is 1. The van der Waals surface area contributed by atoms with Crippen molar-refractivity contribution in [3.8, 4) is 0 Å². The van der Waals surface area contributed by atoms with E-state index in [-0.39, 0.29) is 16.7 Å². The molecule has 1 N–H and O–H groups in total. The first kappa shape index (κ1) is 22.7. The summed E-state index contributed by atoms with van der Waals surface area (Å²) in [6, 6.07) is 16.2. The summed E-state index contributed by atoms with van der Waals surface area (Å²) < 4.78 is 5.97. The fourth-order valence-corrected chi connectivity index (χ4v) is 5.23. The standard InChI is InChI=1S/C28H33NO2S/c1-18-15-21-22(28(4,5)14-13-27(21,2)3)17-19(18)16-20-11-12-24(31-20)26(30)29-23-9-7-8-10-25(23)32-6/h7-12,15,17H,13-14,16H2,1-6H3,(H,29,30). The normalized spacial score (nSPS) is 16.4. The third-order valence-electron chi connectivity index (χ3n) is 6.91. The van der Waals surface area contributed by atoms with E-state index in [1.165, 1.54) is 35.1 Å². The van der Waals surface area contributed by atoms with Gasteiger partial charge in [-0.1, -0.05) is 52.0 Å². The Morgan fingerprint density at radius 2 is 1.66 bits per heavy atom. The monoisotopic (exact) mass is 447 g/mol. The van der Waals surface area contributed by atoms with Crippen molar-refractivity contribution in [1.82, 2.24) is 0 Å². The van der Waals surface area contributed by atoms with E-state index >= 15 is 0 Å². The first-order valence-electron chi connectivity index (χ1n) is 11.3. The molecule has 1 amide bonds. The molecule has 32 heavy (non-hydrogen) atoms. The van der Waals surface area contributed by atoms with E-state index in [0.29, 0.717) is 12.2 Å². The van der Waals surface area contributed by atoms with Crippen LogP contribution in [0, 0.1) is 6.92 Å². The van der Waals surface area contributed by atoms with Crippen molar-refractivity contribution in [2.75, 3.05) is 11.6 Å². The molecule has 3 nitrogen and oxygen atoms in total. The van der Waals surface area contributed by atoms with Gasteiger partial charge in [0.2, 0.25) is 0 Å². The van der Waals surface area contributed by atoms with Crippen molar-refractivity contribution >= 4 is 23.4 Å². The molecular formula is C28H33NO2S. The maximum atomic E-state index is 12.7. The molecule has 2 aromatic carbocycles. The molecule has 0 saturated heterocycles. The number of furan rings is 1. The van der Waals surface area contributed by atoms with Crippen LogP contribution in [0.5, 0.6) is 0 Å². The minimum absolute atomic E-state index is 0.173. The summed E-state index contributed by atoms with van der Waals surface area (Å²) in [6.07, 6.45) is 5.09. The van der Waals surface area contributed by atoms with Gasteiger partial charge >= 0.3 is 0 Å². The van der Waals surface area contributed by atoms with Gasteiger partial charge in [-0.05, 0) is 83.4 Å². The summed E-state index contributed by atoms with van der Waals surface area (Å²) in [6.45, 7) is 11.6. The summed E-state index contributed by atoms with van der Waals surface area (Å²) in [5.74, 6) is 0.931. The van der Waals surface area contributed by atoms with Crippen LogP contribution in [0.25, 0.3) is 0 Å². The zero-order valence-electron chi connectivity index (χ0n) is 20.0. The molecular weight excluding hydrogens is 414 g/mol. The molecule has 4 rings (SSSR count). The second kappa shape index (κ2) is 8.47. The molecule has 1 heterocycles. The number of thioether (sulfide) groups is 1. The molecule has 0 fully saturated rings. The van der Waals surface area contributed by atoms with E-state index in [1.807, 2.05) is 36.6 Å². The Bertz CT molecular complexity index is 1160. The number of fused-ring (bicyclic) bond motifs is 1. The summed E-state index contributed by atoms with van der Waals surface area (Å²) in [5.41, 5.74) is 6.66. The van der Waals surface area contributed by atoms with Gasteiger partial charge in [0.15, 0.2) is 5.76 Å². The molecule has 168 valence electrons. The van der Waals surface area contributed by atoms with Crippen LogP contribution in [0.4, 0.5) is 5.69 Å². The van der Waals surface area contributed by atoms with Gasteiger partial charge < -0.3 is 9.73 Å². The van der Waals surface area contributed by atoms with Crippen LogP contribution in [0.15, 0.2) is 57.8 Å². The van der Waals surface area contributed by atoms with Crippen molar-refractivity contribution in [3.63, 3.8) is 0 Å². The lowest BCUT2D eigenvalue weighted by molar-refractivity contribution is 0.0995. The van der Waals surface area contributed by atoms with Crippen molar-refractivity contribution < 1.29 is 9.21 Å². The summed E-state index contributed by atoms with van der Waals surface area (Å²) >= 11 is 1.61. The Kier molecular flexibility index (Phi) is 6.02. The van der Waals surface area contributed by atoms with E-state index in [2.05, 4.69) is 52.1 Å². The average molecular weight is 448 g/mol. The molecule has 0 bridgehead atoms. The van der Waals surface area contributed by atoms with Crippen LogP contribution in [-0.4, -0.2) is 12.2 Å². The first-order valence-corrected chi connectivity index (χ1v) is 12.5. The highest BCUT2D eigenvalue weighted by Gasteiger charge is 2.37. The number of rotatable bonds is 5. The largest absolute Gasteiger partial charge is 0.456 e. The highest BCUT2D eigenvalue weighted by atomic mass is 32.2. The number of hydrogen-bond donors (Lipinski definition) is 1. The van der Waals surface area contributed by atoms with Crippen LogP contribution in [-0.2, 0) is 17.3 Å². The quantitative estimate of drug-likeness (QED) is 0.412. The fourth-order valence-electron chi connectivity index (χ4n) is 4.67. The molecule has 1 aliphatic carbocycles. The number of aryl methyl sites for hydroxylation is 1. The predicted octanol–water partition coefficient (Wildman–Crippen LogP) is 7.50. The number of carbonyl (C=O) groups is 1. The third kappa shape index (κ3) is 4.38. The van der Waals surface area contributed by atoms with Gasteiger partial charge in [-0.2, -0.15) is 0 Å². The first-order chi connectivity index (χ1) is 15.1. The van der Waals surface area contributed by atoms with Crippen molar-refractivity contribution in [2.24, 2.45) is 0 Å². The lowest BCUT2D eigenvalue weighted by Gasteiger charge is -2.42. The van der Waals surface area contributed by atoms with Crippen molar-refractivity contribution in [1.29, 1.82) is 0 Å². The Morgan fingerprint density at radius 3 is 2.34 bits per heavy atom. The number of hydrogen-bond acceptors (Lipinski definition) is 3. The number of para-hydroxylation sites is 1. The summed E-state index contributed by atoms with van der Waals surface area (Å²) in [4.78, 5) is 13.8. The van der Waals surface area contributed by atoms with Crippen LogP contribution >= 0.6 is 11.8 Å². The Labute approximate surface area is 196 Å². The predicted molar refractivity (Wildman–Crippen MR) is 134 cm³/mol. The van der Waals surface area contributed by atoms with E-state index in [9.17, 15) is 4.79 Å². The number of amides is 1. The molecule has 0 unspecified atom stereocenters. The Balaban J connectivity index is 1.57. The third-order valence-corrected chi connectivity index (χ3v) is 7.71. The Morgan fingerprint density at radius 1 is 1.00 bits per heavy atom. The van der Waals surface area contributed by atoms with Gasteiger partial charge in [0.05, 0.1) is 5.69 Å². The molecule has 0 aliphatic heterocycles. The smallest absolute Gasteiger partial charge is 0.291 e. The minimum atomic E-state index is -0.220. The second-order valence-corrected chi connectivity index (χ2v) is 11.0. The van der Waals surface area contributed by atoms with Crippen molar-refractivity contribution in [3.05, 3.63) is 82.3 Å². The molecule has 0 saturated carbocycles. The second-order valence-electron chi connectivity index (χ2n) is 10.2. The van der Waals surface area contributed by atoms with Gasteiger partial charge in [0, 0.05) is 11.3 Å². The van der Waals surface area contributed by atoms with E-state index in [1.54, 1.807) is 17.8 Å². The zero-order chi connectivity index (χ0) is 23.1. The molecule has 3 aromatic rings. The number of benzene rings is 2. The summed E-state index contributed by atoms with van der Waals surface area (Å²) in [7, 11) is 0. The van der Waals surface area contributed by atoms with Gasteiger partial charge in [-0.3, -0.25) is 4.79 Å². The average Bonchev–Trinajstić information content (AvgIpc) is 3.22. The van der Waals surface area contributed by atoms with E-state index in [4.69, 9.17) is 4.42 Å². The van der Waals surface area contributed by atoms with E-state index < -0.39 is 0 Å². The molecule has 4 heteroatoms. The maximum absolute atomic E-state index is 12.7. The molecule has 0 radical (unpaired) electrons. The van der Waals surface area contributed by atoms with Crippen molar-refractivity contribution in [2.45, 2.75) is 69.6 Å². The maximum Gasteiger partial charge on any atom is 0.291 e. The number of carbonyl (C=O) groups excluding carboxylic acids is 1. The topological polar surface area (TPSA) is 42.2 Å².